The van der Waals surface area contributed by atoms with Crippen molar-refractivity contribution in [1.82, 2.24) is 0 Å². The molecular weight excluding hydrogens is 412 g/mol. The number of alkyl halides is 1. The van der Waals surface area contributed by atoms with Crippen LogP contribution >= 0.6 is 11.6 Å². The van der Waals surface area contributed by atoms with Gasteiger partial charge in [-0.15, -0.1) is 11.6 Å². The lowest BCUT2D eigenvalue weighted by Gasteiger charge is -2.46. The Balaban J connectivity index is 1.97. The van der Waals surface area contributed by atoms with Crippen molar-refractivity contribution in [3.05, 3.63) is 36.3 Å². The van der Waals surface area contributed by atoms with Gasteiger partial charge in [0.2, 0.25) is 0 Å². The maximum absolute atomic E-state index is 13.3. The quantitative estimate of drug-likeness (QED) is 0.366. The summed E-state index contributed by atoms with van der Waals surface area (Å²) in [6.07, 6.45) is 2.77. The van der Waals surface area contributed by atoms with Crippen molar-refractivity contribution in [3.63, 3.8) is 0 Å². The highest BCUT2D eigenvalue weighted by Crippen LogP contribution is 2.58. The van der Waals surface area contributed by atoms with Crippen LogP contribution in [0.3, 0.4) is 0 Å². The first-order valence-electron chi connectivity index (χ1n) is 9.93. The summed E-state index contributed by atoms with van der Waals surface area (Å²) in [6, 6.07) is 1.72. The zero-order valence-electron chi connectivity index (χ0n) is 17.0. The number of cyclic esters (lactones) is 1. The Hall–Kier alpha value is -2.41. The first kappa shape index (κ1) is 22.3. The third kappa shape index (κ3) is 3.83. The van der Waals surface area contributed by atoms with E-state index in [1.165, 1.54) is 19.5 Å². The van der Waals surface area contributed by atoms with E-state index >= 15 is 0 Å². The van der Waals surface area contributed by atoms with Gasteiger partial charge in [0.15, 0.2) is 11.9 Å². The second-order valence-electron chi connectivity index (χ2n) is 8.02. The summed E-state index contributed by atoms with van der Waals surface area (Å²) in [7, 11) is 0. The Morgan fingerprint density at radius 2 is 2.10 bits per heavy atom. The van der Waals surface area contributed by atoms with Gasteiger partial charge in [-0.1, -0.05) is 13.5 Å². The molecular formula is C22H25ClO7. The van der Waals surface area contributed by atoms with Crippen molar-refractivity contribution in [2.24, 2.45) is 17.3 Å². The third-order valence-electron chi connectivity index (χ3n) is 6.34. The summed E-state index contributed by atoms with van der Waals surface area (Å²) in [5.74, 6) is -2.78. The van der Waals surface area contributed by atoms with Crippen LogP contribution in [0, 0.1) is 17.3 Å². The normalized spacial score (nSPS) is 31.1. The lowest BCUT2D eigenvalue weighted by atomic mass is 9.55. The summed E-state index contributed by atoms with van der Waals surface area (Å²) >= 11 is 5.58. The Kier molecular flexibility index (Phi) is 6.50. The van der Waals surface area contributed by atoms with Crippen LogP contribution in [0.15, 0.2) is 35.2 Å². The van der Waals surface area contributed by atoms with E-state index in [2.05, 4.69) is 6.58 Å². The number of carbonyl (C=O) groups is 4. The van der Waals surface area contributed by atoms with Gasteiger partial charge in [0.25, 0.3) is 0 Å². The van der Waals surface area contributed by atoms with Crippen LogP contribution in [0.4, 0.5) is 0 Å². The maximum Gasteiger partial charge on any atom is 0.313 e. The number of hydrogen-bond donors (Lipinski definition) is 0. The molecule has 0 unspecified atom stereocenters. The second kappa shape index (κ2) is 8.76. The smallest absolute Gasteiger partial charge is 0.313 e. The van der Waals surface area contributed by atoms with Crippen LogP contribution in [0.2, 0.25) is 0 Å². The largest absolute Gasteiger partial charge is 0.472 e. The lowest BCUT2D eigenvalue weighted by molar-refractivity contribution is -0.171. The Morgan fingerprint density at radius 3 is 2.70 bits per heavy atom. The van der Waals surface area contributed by atoms with E-state index in [0.717, 1.165) is 5.56 Å². The predicted octanol–water partition coefficient (Wildman–Crippen LogP) is 3.56. The fraction of sp³-hybridized carbons (Fsp3) is 0.545. The number of rotatable bonds is 7. The Morgan fingerprint density at radius 1 is 1.37 bits per heavy atom. The third-order valence-corrected chi connectivity index (χ3v) is 6.64. The molecule has 2 aliphatic rings. The van der Waals surface area contributed by atoms with E-state index in [1.54, 1.807) is 13.0 Å². The average molecular weight is 437 g/mol. The van der Waals surface area contributed by atoms with Crippen molar-refractivity contribution >= 4 is 35.1 Å². The van der Waals surface area contributed by atoms with E-state index in [-0.39, 0.29) is 23.7 Å². The molecule has 1 aromatic heterocycles. The van der Waals surface area contributed by atoms with Crippen molar-refractivity contribution in [2.45, 2.75) is 51.7 Å². The molecule has 1 saturated heterocycles. The number of esters is 2. The summed E-state index contributed by atoms with van der Waals surface area (Å²) in [6.45, 7) is 6.90. The molecule has 7 nitrogen and oxygen atoms in total. The molecule has 5 atom stereocenters. The number of carbonyl (C=O) groups excluding carboxylic acids is 4. The average Bonchev–Trinajstić information content (AvgIpc) is 3.35. The standard InChI is InChI=1S/C22H25ClO7/c1-12-17(6-4-5-16(25)10-23)22(13(2)20(19(12)26)29-14(3)24)9-18(30-21(22)27)15-7-8-28-11-15/h7-8,11,13,17-18,20H,1,4-6,9-10H2,2-3H3/t13-,17+,18+,20+,22-/m1/s1. The van der Waals surface area contributed by atoms with Gasteiger partial charge in [-0.3, -0.25) is 19.2 Å². The summed E-state index contributed by atoms with van der Waals surface area (Å²) in [4.78, 5) is 49.5. The fourth-order valence-electron chi connectivity index (χ4n) is 4.79. The number of furan rings is 1. The van der Waals surface area contributed by atoms with Crippen molar-refractivity contribution in [2.75, 3.05) is 5.88 Å². The minimum absolute atomic E-state index is 0.0782. The first-order valence-corrected chi connectivity index (χ1v) is 10.5. The molecule has 1 aliphatic carbocycles. The second-order valence-corrected chi connectivity index (χ2v) is 8.29. The Bertz CT molecular complexity index is 859. The first-order chi connectivity index (χ1) is 14.2. The van der Waals surface area contributed by atoms with Gasteiger partial charge in [0, 0.05) is 37.2 Å². The molecule has 2 fully saturated rings. The van der Waals surface area contributed by atoms with Crippen LogP contribution in [0.1, 0.15) is 51.2 Å². The summed E-state index contributed by atoms with van der Waals surface area (Å²) in [5.41, 5.74) is -0.158. The number of hydrogen-bond acceptors (Lipinski definition) is 7. The molecule has 0 aromatic carbocycles. The highest BCUT2D eigenvalue weighted by Gasteiger charge is 2.64. The van der Waals surface area contributed by atoms with Gasteiger partial charge in [-0.05, 0) is 24.5 Å². The highest BCUT2D eigenvalue weighted by atomic mass is 35.5. The molecule has 162 valence electrons. The van der Waals surface area contributed by atoms with Gasteiger partial charge in [0.05, 0.1) is 23.8 Å². The molecule has 0 radical (unpaired) electrons. The SMILES string of the molecule is C=C1C(=O)[C@@H](OC(C)=O)[C@@H](C)[C@]2(C[C@@H](c3ccoc3)OC2=O)[C@H]1CCCC(=O)CCl. The van der Waals surface area contributed by atoms with Crippen LogP contribution in [0.5, 0.6) is 0 Å². The molecule has 0 amide bonds. The van der Waals surface area contributed by atoms with Gasteiger partial charge in [0.1, 0.15) is 11.9 Å². The molecule has 30 heavy (non-hydrogen) atoms. The number of halogens is 1. The fourth-order valence-corrected chi connectivity index (χ4v) is 4.92. The monoisotopic (exact) mass is 436 g/mol. The van der Waals surface area contributed by atoms with Crippen LogP contribution in [-0.2, 0) is 28.7 Å². The van der Waals surface area contributed by atoms with Gasteiger partial charge >= 0.3 is 11.9 Å². The molecule has 3 rings (SSSR count). The summed E-state index contributed by atoms with van der Waals surface area (Å²) in [5, 5.41) is 0. The van der Waals surface area contributed by atoms with Crippen LogP contribution in [-0.4, -0.2) is 35.5 Å². The minimum atomic E-state index is -1.11. The van der Waals surface area contributed by atoms with Crippen molar-refractivity contribution < 1.29 is 33.1 Å². The molecule has 1 aromatic rings. The van der Waals surface area contributed by atoms with E-state index in [1.807, 2.05) is 0 Å². The Labute approximate surface area is 179 Å². The number of Topliss-reactive ketones (excluding diaryl/α,β-unsaturated/α-hetero) is 2. The maximum atomic E-state index is 13.3. The molecule has 0 bridgehead atoms. The lowest BCUT2D eigenvalue weighted by Crippen LogP contribution is -2.55. The van der Waals surface area contributed by atoms with E-state index in [4.69, 9.17) is 25.5 Å². The predicted molar refractivity (Wildman–Crippen MR) is 107 cm³/mol. The highest BCUT2D eigenvalue weighted by molar-refractivity contribution is 6.27. The molecule has 1 aliphatic heterocycles. The zero-order chi connectivity index (χ0) is 22.1. The zero-order valence-corrected chi connectivity index (χ0v) is 17.8. The molecule has 0 N–H and O–H groups in total. The van der Waals surface area contributed by atoms with Crippen LogP contribution in [0.25, 0.3) is 0 Å². The van der Waals surface area contributed by atoms with Crippen molar-refractivity contribution in [1.29, 1.82) is 0 Å². The van der Waals surface area contributed by atoms with Gasteiger partial charge in [-0.25, -0.2) is 0 Å². The molecule has 8 heteroatoms. The number of ketones is 2. The van der Waals surface area contributed by atoms with E-state index in [0.29, 0.717) is 19.3 Å². The number of ether oxygens (including phenoxy) is 2. The molecule has 1 saturated carbocycles. The van der Waals surface area contributed by atoms with Gasteiger partial charge in [-0.2, -0.15) is 0 Å². The molecule has 2 heterocycles. The molecule has 1 spiro atoms. The van der Waals surface area contributed by atoms with E-state index in [9.17, 15) is 19.2 Å². The van der Waals surface area contributed by atoms with Crippen LogP contribution < -0.4 is 0 Å². The minimum Gasteiger partial charge on any atom is -0.472 e. The van der Waals surface area contributed by atoms with Crippen molar-refractivity contribution in [3.8, 4) is 0 Å². The topological polar surface area (TPSA) is 99.9 Å². The van der Waals surface area contributed by atoms with Gasteiger partial charge < -0.3 is 13.9 Å². The summed E-state index contributed by atoms with van der Waals surface area (Å²) < 4.78 is 16.1. The van der Waals surface area contributed by atoms with E-state index < -0.39 is 47.2 Å².